The smallest absolute Gasteiger partial charge is 0.162 e. The number of hydrogen-bond acceptors (Lipinski definition) is 5. The van der Waals surface area contributed by atoms with Crippen molar-refractivity contribution in [3.8, 4) is 61.7 Å². The first-order valence-corrected chi connectivity index (χ1v) is 20.7. The van der Waals surface area contributed by atoms with E-state index in [0.717, 1.165) is 45.1 Å². The molecule has 11 aromatic rings. The van der Waals surface area contributed by atoms with Crippen molar-refractivity contribution in [1.29, 1.82) is 0 Å². The van der Waals surface area contributed by atoms with E-state index in [9.17, 15) is 0 Å². The van der Waals surface area contributed by atoms with Crippen LogP contribution in [0.25, 0.3) is 83.5 Å². The summed E-state index contributed by atoms with van der Waals surface area (Å²) in [6.45, 7) is 0. The lowest BCUT2D eigenvalue weighted by molar-refractivity contribution is 1.06. The van der Waals surface area contributed by atoms with E-state index in [1.165, 1.54) is 62.3 Å². The second kappa shape index (κ2) is 15.9. The molecule has 292 valence electrons. The molecule has 6 nitrogen and oxygen atoms in total. The first-order valence-electron chi connectivity index (χ1n) is 20.7. The largest absolute Gasteiger partial charge is 0.311 e. The average Bonchev–Trinajstić information content (AvgIpc) is 3.70. The second-order valence-electron chi connectivity index (χ2n) is 15.2. The van der Waals surface area contributed by atoms with Crippen LogP contribution >= 0.6 is 0 Å². The predicted octanol–water partition coefficient (Wildman–Crippen LogP) is 14.2. The molecule has 0 saturated heterocycles. The summed E-state index contributed by atoms with van der Waals surface area (Å²) in [7, 11) is 0. The first kappa shape index (κ1) is 36.6. The van der Waals surface area contributed by atoms with Crippen LogP contribution in [0.2, 0.25) is 0 Å². The fraction of sp³-hybridized carbons (Fsp3) is 0. The molecule has 0 amide bonds. The third-order valence-corrected chi connectivity index (χ3v) is 11.5. The number of aromatic nitrogens is 5. The van der Waals surface area contributed by atoms with Crippen LogP contribution in [-0.2, 0) is 0 Å². The SMILES string of the molecule is c1ccc(-c2ccc3c(c2)c2c(-c4ccccc4)ccc(-c4ccccc4)c2n3-c2ccc(N(c3ccc(-c4ccccn4)cc3)c3ccc(-c4ncncn4)cc3)cc2)cc1. The van der Waals surface area contributed by atoms with Crippen LogP contribution in [0.4, 0.5) is 17.1 Å². The Labute approximate surface area is 359 Å². The van der Waals surface area contributed by atoms with Gasteiger partial charge in [0.15, 0.2) is 5.82 Å². The van der Waals surface area contributed by atoms with Crippen molar-refractivity contribution in [2.75, 3.05) is 4.90 Å². The molecule has 0 N–H and O–H groups in total. The molecule has 0 aliphatic carbocycles. The van der Waals surface area contributed by atoms with E-state index in [0.29, 0.717) is 5.82 Å². The highest BCUT2D eigenvalue weighted by molar-refractivity contribution is 6.20. The minimum Gasteiger partial charge on any atom is -0.311 e. The van der Waals surface area contributed by atoms with Gasteiger partial charge >= 0.3 is 0 Å². The Morgan fingerprint density at radius 3 is 1.53 bits per heavy atom. The van der Waals surface area contributed by atoms with Gasteiger partial charge in [-0.1, -0.05) is 127 Å². The Bertz CT molecular complexity index is 3200. The van der Waals surface area contributed by atoms with E-state index < -0.39 is 0 Å². The van der Waals surface area contributed by atoms with Gasteiger partial charge < -0.3 is 9.47 Å². The van der Waals surface area contributed by atoms with Gasteiger partial charge in [-0.3, -0.25) is 4.98 Å². The zero-order valence-electron chi connectivity index (χ0n) is 33.6. The number of anilines is 3. The van der Waals surface area contributed by atoms with E-state index in [2.05, 4.69) is 224 Å². The van der Waals surface area contributed by atoms with Gasteiger partial charge in [-0.2, -0.15) is 0 Å². The number of nitrogens with zero attached hydrogens (tertiary/aromatic N) is 6. The molecule has 0 fully saturated rings. The number of hydrogen-bond donors (Lipinski definition) is 0. The van der Waals surface area contributed by atoms with E-state index in [4.69, 9.17) is 0 Å². The molecule has 0 spiro atoms. The molecule has 0 atom stereocenters. The maximum absolute atomic E-state index is 4.59. The van der Waals surface area contributed by atoms with Crippen LogP contribution in [-0.4, -0.2) is 24.5 Å². The molecular weight excluding hydrogens is 757 g/mol. The van der Waals surface area contributed by atoms with Gasteiger partial charge in [-0.15, -0.1) is 0 Å². The van der Waals surface area contributed by atoms with E-state index in [1.54, 1.807) is 0 Å². The zero-order chi connectivity index (χ0) is 41.2. The maximum atomic E-state index is 4.59. The van der Waals surface area contributed by atoms with Crippen LogP contribution in [0, 0.1) is 0 Å². The molecule has 0 saturated carbocycles. The summed E-state index contributed by atoms with van der Waals surface area (Å²) < 4.78 is 2.45. The first-order chi connectivity index (χ1) is 30.8. The number of rotatable bonds is 9. The minimum absolute atomic E-state index is 0.634. The monoisotopic (exact) mass is 794 g/mol. The van der Waals surface area contributed by atoms with Crippen molar-refractivity contribution in [3.63, 3.8) is 0 Å². The minimum atomic E-state index is 0.634. The Hall–Kier alpha value is -8.48. The fourth-order valence-corrected chi connectivity index (χ4v) is 8.60. The summed E-state index contributed by atoms with van der Waals surface area (Å²) in [4.78, 5) is 19.6. The van der Waals surface area contributed by atoms with E-state index in [1.807, 2.05) is 24.4 Å². The molecule has 3 aromatic heterocycles. The summed E-state index contributed by atoms with van der Waals surface area (Å²) >= 11 is 0. The van der Waals surface area contributed by atoms with Gasteiger partial charge in [-0.05, 0) is 113 Å². The molecule has 0 aliphatic rings. The van der Waals surface area contributed by atoms with Gasteiger partial charge in [0, 0.05) is 56.4 Å². The van der Waals surface area contributed by atoms with Gasteiger partial charge in [0.05, 0.1) is 16.7 Å². The molecule has 0 radical (unpaired) electrons. The maximum Gasteiger partial charge on any atom is 0.162 e. The molecule has 62 heavy (non-hydrogen) atoms. The van der Waals surface area contributed by atoms with E-state index >= 15 is 0 Å². The Morgan fingerprint density at radius 2 is 0.919 bits per heavy atom. The second-order valence-corrected chi connectivity index (χ2v) is 15.2. The van der Waals surface area contributed by atoms with E-state index in [-0.39, 0.29) is 0 Å². The number of benzene rings is 8. The summed E-state index contributed by atoms with van der Waals surface area (Å²) in [6.07, 6.45) is 4.88. The van der Waals surface area contributed by atoms with Gasteiger partial charge in [0.25, 0.3) is 0 Å². The lowest BCUT2D eigenvalue weighted by Crippen LogP contribution is -2.10. The Balaban J connectivity index is 1.10. The standard InChI is InChI=1S/C56H38N6/c1-4-12-39(13-5-1)44-23-34-53-51(36-44)54-49(40-14-6-2-7-15-40)32-33-50(41-16-8-3-9-17-41)55(54)62(53)48-30-28-47(29-31-48)61(45-24-19-42(20-25-45)52-18-10-11-35-58-52)46-26-21-43(22-27-46)56-59-37-57-38-60-56/h1-38H. The lowest BCUT2D eigenvalue weighted by atomic mass is 9.93. The molecule has 0 unspecified atom stereocenters. The Kier molecular flexibility index (Phi) is 9.41. The lowest BCUT2D eigenvalue weighted by Gasteiger charge is -2.26. The highest BCUT2D eigenvalue weighted by atomic mass is 15.1. The van der Waals surface area contributed by atoms with Crippen molar-refractivity contribution in [1.82, 2.24) is 24.5 Å². The third-order valence-electron chi connectivity index (χ3n) is 11.5. The third kappa shape index (κ3) is 6.76. The molecule has 3 heterocycles. The van der Waals surface area contributed by atoms with Crippen molar-refractivity contribution in [2.24, 2.45) is 0 Å². The summed E-state index contributed by atoms with van der Waals surface area (Å²) in [5.41, 5.74) is 16.4. The summed E-state index contributed by atoms with van der Waals surface area (Å²) in [5.74, 6) is 0.634. The highest BCUT2D eigenvalue weighted by Crippen LogP contribution is 2.45. The molecule has 8 aromatic carbocycles. The van der Waals surface area contributed by atoms with Crippen LogP contribution in [0.1, 0.15) is 0 Å². The quantitative estimate of drug-likeness (QED) is 0.146. The van der Waals surface area contributed by atoms with Gasteiger partial charge in [0.2, 0.25) is 0 Å². The van der Waals surface area contributed by atoms with Crippen LogP contribution in [0.15, 0.2) is 231 Å². The van der Waals surface area contributed by atoms with Gasteiger partial charge in [-0.25, -0.2) is 15.0 Å². The topological polar surface area (TPSA) is 59.7 Å². The van der Waals surface area contributed by atoms with Crippen LogP contribution in [0.3, 0.4) is 0 Å². The normalized spacial score (nSPS) is 11.2. The summed E-state index contributed by atoms with van der Waals surface area (Å²) in [5, 5.41) is 2.43. The molecule has 6 heteroatoms. The zero-order valence-corrected chi connectivity index (χ0v) is 33.6. The van der Waals surface area contributed by atoms with Crippen molar-refractivity contribution >= 4 is 38.9 Å². The predicted molar refractivity (Wildman–Crippen MR) is 254 cm³/mol. The number of pyridine rings is 1. The molecule has 11 rings (SSSR count). The summed E-state index contributed by atoms with van der Waals surface area (Å²) in [6, 6.07) is 75.5. The van der Waals surface area contributed by atoms with Gasteiger partial charge in [0.1, 0.15) is 12.7 Å². The van der Waals surface area contributed by atoms with Crippen molar-refractivity contribution in [2.45, 2.75) is 0 Å². The van der Waals surface area contributed by atoms with Crippen LogP contribution < -0.4 is 4.90 Å². The fourth-order valence-electron chi connectivity index (χ4n) is 8.60. The number of fused-ring (bicyclic) bond motifs is 3. The molecule has 0 aliphatic heterocycles. The highest BCUT2D eigenvalue weighted by Gasteiger charge is 2.22. The Morgan fingerprint density at radius 1 is 0.387 bits per heavy atom. The van der Waals surface area contributed by atoms with Crippen molar-refractivity contribution in [3.05, 3.63) is 231 Å². The van der Waals surface area contributed by atoms with Crippen LogP contribution in [0.5, 0.6) is 0 Å². The molecular formula is C56H38N6. The average molecular weight is 795 g/mol. The molecule has 0 bridgehead atoms. The van der Waals surface area contributed by atoms with Crippen molar-refractivity contribution < 1.29 is 0 Å².